The van der Waals surface area contributed by atoms with Gasteiger partial charge in [0.2, 0.25) is 11.8 Å². The fourth-order valence-electron chi connectivity index (χ4n) is 2.95. The molecule has 0 radical (unpaired) electrons. The summed E-state index contributed by atoms with van der Waals surface area (Å²) in [7, 11) is 0. The largest absolute Gasteiger partial charge is 0.418 e. The lowest BCUT2D eigenvalue weighted by atomic mass is 10.2. The molecule has 126 valence electrons. The van der Waals surface area contributed by atoms with E-state index < -0.39 is 0 Å². The minimum Gasteiger partial charge on any atom is -0.418 e. The van der Waals surface area contributed by atoms with Gasteiger partial charge in [-0.15, -0.1) is 10.2 Å². The second-order valence-electron chi connectivity index (χ2n) is 5.68. The monoisotopic (exact) mass is 355 g/mol. The minimum atomic E-state index is -0.258. The molecule has 1 saturated heterocycles. The Kier molecular flexibility index (Phi) is 4.15. The van der Waals surface area contributed by atoms with Crippen LogP contribution in [0.25, 0.3) is 11.5 Å². The number of aromatic nitrogens is 4. The van der Waals surface area contributed by atoms with Crippen LogP contribution >= 0.6 is 11.6 Å². The van der Waals surface area contributed by atoms with Crippen molar-refractivity contribution in [3.8, 4) is 11.5 Å². The van der Waals surface area contributed by atoms with Gasteiger partial charge in [0.05, 0.1) is 5.56 Å². The zero-order chi connectivity index (χ0) is 17.2. The van der Waals surface area contributed by atoms with Crippen molar-refractivity contribution in [3.05, 3.63) is 59.5 Å². The van der Waals surface area contributed by atoms with Crippen molar-refractivity contribution in [3.63, 3.8) is 0 Å². The number of hydrogen-bond acceptors (Lipinski definition) is 6. The quantitative estimate of drug-likeness (QED) is 0.671. The van der Waals surface area contributed by atoms with E-state index in [0.29, 0.717) is 23.9 Å². The third kappa shape index (κ3) is 2.98. The summed E-state index contributed by atoms with van der Waals surface area (Å²) < 4.78 is 5.81. The Morgan fingerprint density at radius 2 is 2.04 bits per heavy atom. The summed E-state index contributed by atoms with van der Waals surface area (Å²) in [6.07, 6.45) is 6.51. The number of amides is 1. The van der Waals surface area contributed by atoms with Crippen LogP contribution in [0.15, 0.2) is 47.3 Å². The first-order chi connectivity index (χ1) is 12.2. The molecule has 1 aliphatic rings. The summed E-state index contributed by atoms with van der Waals surface area (Å²) in [4.78, 5) is 22.5. The maximum absolute atomic E-state index is 12.8. The SMILES string of the molecule is O=C(c1cccnc1Cl)N1CCCC1c1nnc(-c2ccncc2)o1. The van der Waals surface area contributed by atoms with Gasteiger partial charge in [-0.2, -0.15) is 0 Å². The first-order valence-electron chi connectivity index (χ1n) is 7.89. The van der Waals surface area contributed by atoms with Gasteiger partial charge in [0.15, 0.2) is 0 Å². The maximum Gasteiger partial charge on any atom is 0.257 e. The molecule has 3 aromatic heterocycles. The summed E-state index contributed by atoms with van der Waals surface area (Å²) in [6, 6.07) is 6.70. The molecule has 1 fully saturated rings. The van der Waals surface area contributed by atoms with E-state index in [-0.39, 0.29) is 17.1 Å². The van der Waals surface area contributed by atoms with Gasteiger partial charge >= 0.3 is 0 Å². The molecule has 0 bridgehead atoms. The molecule has 0 aliphatic carbocycles. The average molecular weight is 356 g/mol. The second-order valence-corrected chi connectivity index (χ2v) is 6.04. The number of halogens is 1. The van der Waals surface area contributed by atoms with Gasteiger partial charge in [-0.3, -0.25) is 9.78 Å². The highest BCUT2D eigenvalue weighted by atomic mass is 35.5. The molecule has 7 nitrogen and oxygen atoms in total. The summed E-state index contributed by atoms with van der Waals surface area (Å²) in [5.74, 6) is 0.665. The Labute approximate surface area is 148 Å². The van der Waals surface area contributed by atoms with Crippen LogP contribution in [0, 0.1) is 0 Å². The standard InChI is InChI=1S/C17H14ClN5O2/c18-14-12(3-1-7-20-14)17(24)23-10-2-4-13(23)16-22-21-15(25-16)11-5-8-19-9-6-11/h1,3,5-9,13H,2,4,10H2. The highest BCUT2D eigenvalue weighted by Crippen LogP contribution is 2.34. The van der Waals surface area contributed by atoms with Crippen molar-refractivity contribution in [1.82, 2.24) is 25.1 Å². The molecule has 1 amide bonds. The van der Waals surface area contributed by atoms with E-state index in [9.17, 15) is 4.79 Å². The van der Waals surface area contributed by atoms with E-state index in [1.54, 1.807) is 47.8 Å². The van der Waals surface area contributed by atoms with Crippen LogP contribution < -0.4 is 0 Å². The van der Waals surface area contributed by atoms with Crippen LogP contribution in [0.2, 0.25) is 5.15 Å². The molecule has 0 saturated carbocycles. The number of likely N-dealkylation sites (tertiary alicyclic amines) is 1. The molecular weight excluding hydrogens is 342 g/mol. The normalized spacial score (nSPS) is 17.0. The van der Waals surface area contributed by atoms with Crippen LogP contribution in [-0.4, -0.2) is 37.5 Å². The molecule has 4 rings (SSSR count). The number of nitrogens with zero attached hydrogens (tertiary/aromatic N) is 5. The average Bonchev–Trinajstić information content (AvgIpc) is 3.31. The second kappa shape index (κ2) is 6.60. The Hall–Kier alpha value is -2.80. The Morgan fingerprint density at radius 1 is 1.20 bits per heavy atom. The van der Waals surface area contributed by atoms with Gasteiger partial charge in [0.25, 0.3) is 5.91 Å². The van der Waals surface area contributed by atoms with Gasteiger partial charge < -0.3 is 9.32 Å². The zero-order valence-corrected chi connectivity index (χ0v) is 13.9. The maximum atomic E-state index is 12.8. The van der Waals surface area contributed by atoms with Gasteiger partial charge in [0.1, 0.15) is 11.2 Å². The fraction of sp³-hybridized carbons (Fsp3) is 0.235. The number of pyridine rings is 2. The third-order valence-corrected chi connectivity index (χ3v) is 4.46. The lowest BCUT2D eigenvalue weighted by molar-refractivity contribution is 0.0715. The highest BCUT2D eigenvalue weighted by molar-refractivity contribution is 6.32. The summed E-state index contributed by atoms with van der Waals surface area (Å²) >= 11 is 6.06. The number of carbonyl (C=O) groups is 1. The van der Waals surface area contributed by atoms with Crippen molar-refractivity contribution < 1.29 is 9.21 Å². The Morgan fingerprint density at radius 3 is 2.84 bits per heavy atom. The van der Waals surface area contributed by atoms with Gasteiger partial charge in [-0.1, -0.05) is 11.6 Å². The van der Waals surface area contributed by atoms with Gasteiger partial charge in [0, 0.05) is 30.7 Å². The molecule has 4 heterocycles. The van der Waals surface area contributed by atoms with Crippen molar-refractivity contribution in [2.24, 2.45) is 0 Å². The molecule has 25 heavy (non-hydrogen) atoms. The smallest absolute Gasteiger partial charge is 0.257 e. The van der Waals surface area contributed by atoms with E-state index in [1.165, 1.54) is 0 Å². The molecule has 1 unspecified atom stereocenters. The van der Waals surface area contributed by atoms with E-state index in [1.807, 2.05) is 0 Å². The molecular formula is C17H14ClN5O2. The van der Waals surface area contributed by atoms with E-state index in [0.717, 1.165) is 18.4 Å². The van der Waals surface area contributed by atoms with Crippen LogP contribution in [0.3, 0.4) is 0 Å². The molecule has 3 aromatic rings. The lowest BCUT2D eigenvalue weighted by Crippen LogP contribution is -2.31. The van der Waals surface area contributed by atoms with Gasteiger partial charge in [-0.05, 0) is 37.1 Å². The fourth-order valence-corrected chi connectivity index (χ4v) is 3.15. The number of hydrogen-bond donors (Lipinski definition) is 0. The molecule has 0 spiro atoms. The van der Waals surface area contributed by atoms with Gasteiger partial charge in [-0.25, -0.2) is 4.98 Å². The van der Waals surface area contributed by atoms with Crippen molar-refractivity contribution >= 4 is 17.5 Å². The molecule has 8 heteroatoms. The minimum absolute atomic E-state index is 0.177. The number of carbonyl (C=O) groups excluding carboxylic acids is 1. The van der Waals surface area contributed by atoms with Crippen molar-refractivity contribution in [2.45, 2.75) is 18.9 Å². The number of rotatable bonds is 3. The lowest BCUT2D eigenvalue weighted by Gasteiger charge is -2.22. The van der Waals surface area contributed by atoms with Crippen molar-refractivity contribution in [1.29, 1.82) is 0 Å². The van der Waals surface area contributed by atoms with Crippen LogP contribution in [0.5, 0.6) is 0 Å². The molecule has 1 aliphatic heterocycles. The molecule has 0 N–H and O–H groups in total. The Balaban J connectivity index is 1.61. The molecule has 1 atom stereocenters. The highest BCUT2D eigenvalue weighted by Gasteiger charge is 2.35. The zero-order valence-electron chi connectivity index (χ0n) is 13.2. The topological polar surface area (TPSA) is 85.0 Å². The summed E-state index contributed by atoms with van der Waals surface area (Å²) in [5.41, 5.74) is 1.17. The van der Waals surface area contributed by atoms with E-state index in [4.69, 9.17) is 16.0 Å². The molecule has 0 aromatic carbocycles. The predicted octanol–water partition coefficient (Wildman–Crippen LogP) is 3.16. The summed E-state index contributed by atoms with van der Waals surface area (Å²) in [5, 5.41) is 8.43. The first kappa shape index (κ1) is 15.7. The van der Waals surface area contributed by atoms with Crippen LogP contribution in [0.4, 0.5) is 0 Å². The summed E-state index contributed by atoms with van der Waals surface area (Å²) in [6.45, 7) is 0.613. The van der Waals surface area contributed by atoms with Crippen LogP contribution in [0.1, 0.15) is 35.1 Å². The first-order valence-corrected chi connectivity index (χ1v) is 8.27. The van der Waals surface area contributed by atoms with E-state index in [2.05, 4.69) is 20.2 Å². The van der Waals surface area contributed by atoms with Crippen LogP contribution in [-0.2, 0) is 0 Å². The Bertz CT molecular complexity index is 899. The van der Waals surface area contributed by atoms with E-state index >= 15 is 0 Å². The predicted molar refractivity (Wildman–Crippen MR) is 89.8 cm³/mol. The third-order valence-electron chi connectivity index (χ3n) is 4.16. The van der Waals surface area contributed by atoms with Crippen molar-refractivity contribution in [2.75, 3.05) is 6.54 Å².